The van der Waals surface area contributed by atoms with Crippen LogP contribution in [0, 0.1) is 18.3 Å². The molecule has 2 aromatic rings. The molecule has 1 heterocycles. The molecule has 1 aromatic carbocycles. The number of nitrogens with zero attached hydrogens (tertiary/aromatic N) is 2. The van der Waals surface area contributed by atoms with Crippen LogP contribution in [0.5, 0.6) is 0 Å². The lowest BCUT2D eigenvalue weighted by Gasteiger charge is -2.02. The number of halogens is 1. The number of H-pyrrole nitrogens is 1. The molecule has 0 aliphatic carbocycles. The third-order valence-corrected chi connectivity index (χ3v) is 2.61. The van der Waals surface area contributed by atoms with E-state index in [0.717, 1.165) is 11.1 Å². The minimum atomic E-state index is 0.189. The summed E-state index contributed by atoms with van der Waals surface area (Å²) in [6.07, 6.45) is 0. The Bertz CT molecular complexity index is 580. The number of aromatic nitrogens is 2. The molecule has 0 fully saturated rings. The molecule has 0 saturated heterocycles. The molecule has 0 bridgehead atoms. The standard InChI is InChI=1S/C11H9ClN4/c1-6-2-3-7(9(12)4-6)10-8(5-13)11(14)16-15-10/h2-4H,1H3,(H3,14,15,16). The van der Waals surface area contributed by atoms with Gasteiger partial charge in [-0.3, -0.25) is 5.10 Å². The molecule has 0 spiro atoms. The molecule has 2 rings (SSSR count). The zero-order valence-electron chi connectivity index (χ0n) is 8.58. The fraction of sp³-hybridized carbons (Fsp3) is 0.0909. The van der Waals surface area contributed by atoms with Crippen molar-refractivity contribution in [2.24, 2.45) is 0 Å². The second kappa shape index (κ2) is 3.87. The van der Waals surface area contributed by atoms with Gasteiger partial charge in [0.1, 0.15) is 11.6 Å². The number of benzene rings is 1. The van der Waals surface area contributed by atoms with Gasteiger partial charge in [0.25, 0.3) is 0 Å². The third-order valence-electron chi connectivity index (χ3n) is 2.30. The van der Waals surface area contributed by atoms with Crippen molar-refractivity contribution in [3.05, 3.63) is 34.3 Å². The Morgan fingerprint density at radius 2 is 2.25 bits per heavy atom. The van der Waals surface area contributed by atoms with Crippen molar-refractivity contribution >= 4 is 17.4 Å². The first-order valence-corrected chi connectivity index (χ1v) is 5.01. The summed E-state index contributed by atoms with van der Waals surface area (Å²) in [5.74, 6) is 0.189. The summed E-state index contributed by atoms with van der Waals surface area (Å²) in [5.41, 5.74) is 8.23. The molecule has 0 atom stereocenters. The highest BCUT2D eigenvalue weighted by molar-refractivity contribution is 6.33. The lowest BCUT2D eigenvalue weighted by molar-refractivity contribution is 1.10. The predicted molar refractivity (Wildman–Crippen MR) is 62.9 cm³/mol. The van der Waals surface area contributed by atoms with Gasteiger partial charge in [0, 0.05) is 5.56 Å². The van der Waals surface area contributed by atoms with Gasteiger partial charge < -0.3 is 5.73 Å². The number of aromatic amines is 1. The fourth-order valence-corrected chi connectivity index (χ4v) is 1.82. The molecule has 0 aliphatic rings. The zero-order chi connectivity index (χ0) is 11.7. The smallest absolute Gasteiger partial charge is 0.163 e. The van der Waals surface area contributed by atoms with Crippen LogP contribution in [0.1, 0.15) is 11.1 Å². The molecule has 5 heteroatoms. The van der Waals surface area contributed by atoms with Gasteiger partial charge in [0.15, 0.2) is 5.82 Å². The van der Waals surface area contributed by atoms with Crippen molar-refractivity contribution < 1.29 is 0 Å². The number of anilines is 1. The topological polar surface area (TPSA) is 78.5 Å². The largest absolute Gasteiger partial charge is 0.381 e. The van der Waals surface area contributed by atoms with Crippen molar-refractivity contribution in [3.8, 4) is 17.3 Å². The molecule has 0 saturated carbocycles. The van der Waals surface area contributed by atoms with Crippen LogP contribution in [0.4, 0.5) is 5.82 Å². The number of nitriles is 1. The van der Waals surface area contributed by atoms with Gasteiger partial charge >= 0.3 is 0 Å². The van der Waals surface area contributed by atoms with Crippen LogP contribution in [-0.4, -0.2) is 10.2 Å². The van der Waals surface area contributed by atoms with Gasteiger partial charge in [0.05, 0.1) is 10.7 Å². The Morgan fingerprint density at radius 1 is 1.50 bits per heavy atom. The first kappa shape index (κ1) is 10.5. The van der Waals surface area contributed by atoms with Crippen LogP contribution in [-0.2, 0) is 0 Å². The summed E-state index contributed by atoms with van der Waals surface area (Å²) < 4.78 is 0. The number of rotatable bonds is 1. The van der Waals surface area contributed by atoms with Gasteiger partial charge in [-0.2, -0.15) is 10.4 Å². The molecule has 0 unspecified atom stereocenters. The number of aryl methyl sites for hydroxylation is 1. The Morgan fingerprint density at radius 3 is 2.88 bits per heavy atom. The first-order chi connectivity index (χ1) is 7.63. The van der Waals surface area contributed by atoms with Gasteiger partial charge in [-0.05, 0) is 18.6 Å². The molecule has 80 valence electrons. The Hall–Kier alpha value is -1.99. The number of hydrogen-bond acceptors (Lipinski definition) is 3. The van der Waals surface area contributed by atoms with E-state index in [1.165, 1.54) is 0 Å². The van der Waals surface area contributed by atoms with E-state index in [9.17, 15) is 0 Å². The van der Waals surface area contributed by atoms with Crippen LogP contribution < -0.4 is 5.73 Å². The second-order valence-electron chi connectivity index (χ2n) is 3.45. The summed E-state index contributed by atoms with van der Waals surface area (Å²) in [6.45, 7) is 1.95. The number of nitrogens with one attached hydrogen (secondary N) is 1. The average molecular weight is 233 g/mol. The van der Waals surface area contributed by atoms with Crippen LogP contribution in [0.2, 0.25) is 5.02 Å². The maximum atomic E-state index is 8.96. The summed E-state index contributed by atoms with van der Waals surface area (Å²) in [4.78, 5) is 0. The molecule has 0 amide bonds. The maximum Gasteiger partial charge on any atom is 0.163 e. The van der Waals surface area contributed by atoms with E-state index in [4.69, 9.17) is 22.6 Å². The van der Waals surface area contributed by atoms with E-state index in [2.05, 4.69) is 10.2 Å². The predicted octanol–water partition coefficient (Wildman–Crippen LogP) is 2.49. The summed E-state index contributed by atoms with van der Waals surface area (Å²) in [5, 5.41) is 16.1. The van der Waals surface area contributed by atoms with Crippen molar-refractivity contribution in [2.45, 2.75) is 6.92 Å². The monoisotopic (exact) mass is 232 g/mol. The van der Waals surface area contributed by atoms with Gasteiger partial charge in [0.2, 0.25) is 0 Å². The molecule has 1 aromatic heterocycles. The van der Waals surface area contributed by atoms with Gasteiger partial charge in [-0.1, -0.05) is 23.7 Å². The van der Waals surface area contributed by atoms with E-state index in [1.54, 1.807) is 0 Å². The summed E-state index contributed by atoms with van der Waals surface area (Å²) in [6, 6.07) is 7.59. The van der Waals surface area contributed by atoms with E-state index in [-0.39, 0.29) is 5.82 Å². The van der Waals surface area contributed by atoms with Crippen LogP contribution in [0.3, 0.4) is 0 Å². The Balaban J connectivity index is 2.64. The van der Waals surface area contributed by atoms with Crippen LogP contribution in [0.25, 0.3) is 11.3 Å². The van der Waals surface area contributed by atoms with Crippen LogP contribution >= 0.6 is 11.6 Å². The van der Waals surface area contributed by atoms with Gasteiger partial charge in [-0.25, -0.2) is 0 Å². The lowest BCUT2D eigenvalue weighted by Crippen LogP contribution is -1.88. The lowest BCUT2D eigenvalue weighted by atomic mass is 10.1. The minimum absolute atomic E-state index is 0.189. The third kappa shape index (κ3) is 1.62. The fourth-order valence-electron chi connectivity index (χ4n) is 1.49. The highest BCUT2D eigenvalue weighted by Crippen LogP contribution is 2.31. The SMILES string of the molecule is Cc1ccc(-c2[nH]nc(N)c2C#N)c(Cl)c1. The Kier molecular flexibility index (Phi) is 2.55. The van der Waals surface area contributed by atoms with Crippen LogP contribution in [0.15, 0.2) is 18.2 Å². The number of hydrogen-bond donors (Lipinski definition) is 2. The second-order valence-corrected chi connectivity index (χ2v) is 3.86. The highest BCUT2D eigenvalue weighted by atomic mass is 35.5. The summed E-state index contributed by atoms with van der Waals surface area (Å²) in [7, 11) is 0. The minimum Gasteiger partial charge on any atom is -0.381 e. The molecule has 0 aliphatic heterocycles. The number of nitrogens with two attached hydrogens (primary N) is 1. The normalized spacial score (nSPS) is 10.1. The molecule has 4 nitrogen and oxygen atoms in total. The van der Waals surface area contributed by atoms with Crippen molar-refractivity contribution in [1.29, 1.82) is 5.26 Å². The molecule has 0 radical (unpaired) electrons. The molecular formula is C11H9ClN4. The molecular weight excluding hydrogens is 224 g/mol. The highest BCUT2D eigenvalue weighted by Gasteiger charge is 2.14. The van der Waals surface area contributed by atoms with Crippen molar-refractivity contribution in [3.63, 3.8) is 0 Å². The Labute approximate surface area is 97.7 Å². The zero-order valence-corrected chi connectivity index (χ0v) is 9.34. The molecule has 3 N–H and O–H groups in total. The number of nitrogen functional groups attached to an aromatic ring is 1. The quantitative estimate of drug-likeness (QED) is 0.793. The molecule has 16 heavy (non-hydrogen) atoms. The van der Waals surface area contributed by atoms with E-state index in [1.807, 2.05) is 31.2 Å². The van der Waals surface area contributed by atoms with E-state index in [0.29, 0.717) is 16.3 Å². The van der Waals surface area contributed by atoms with E-state index >= 15 is 0 Å². The summed E-state index contributed by atoms with van der Waals surface area (Å²) >= 11 is 6.10. The van der Waals surface area contributed by atoms with Gasteiger partial charge in [-0.15, -0.1) is 0 Å². The van der Waals surface area contributed by atoms with Crippen molar-refractivity contribution in [1.82, 2.24) is 10.2 Å². The van der Waals surface area contributed by atoms with Crippen molar-refractivity contribution in [2.75, 3.05) is 5.73 Å². The van der Waals surface area contributed by atoms with E-state index < -0.39 is 0 Å². The first-order valence-electron chi connectivity index (χ1n) is 4.64. The maximum absolute atomic E-state index is 8.96. The average Bonchev–Trinajstić information content (AvgIpc) is 2.59.